The van der Waals surface area contributed by atoms with Crippen molar-refractivity contribution in [1.82, 2.24) is 5.32 Å². The largest absolute Gasteiger partial charge is 0.346 e. The van der Waals surface area contributed by atoms with E-state index in [-0.39, 0.29) is 11.4 Å². The molecule has 0 aliphatic heterocycles. The molecule has 1 aromatic rings. The number of hydrogen-bond acceptors (Lipinski definition) is 1. The Labute approximate surface area is 128 Å². The predicted octanol–water partition coefficient (Wildman–Crippen LogP) is 4.48. The Hall–Kier alpha value is -0.540. The van der Waals surface area contributed by atoms with E-state index < -0.39 is 0 Å². The van der Waals surface area contributed by atoms with E-state index >= 15 is 0 Å². The SMILES string of the molecule is Cc1cc(Cl)cc(C(=O)NC2(CBr)CCCCC2)c1. The van der Waals surface area contributed by atoms with Crippen LogP contribution in [0.5, 0.6) is 0 Å². The minimum absolute atomic E-state index is 0.0213. The molecule has 0 aromatic heterocycles. The second kappa shape index (κ2) is 6.27. The van der Waals surface area contributed by atoms with Gasteiger partial charge >= 0.3 is 0 Å². The first kappa shape index (κ1) is 14.9. The minimum atomic E-state index is -0.0917. The van der Waals surface area contributed by atoms with Crippen molar-refractivity contribution in [3.63, 3.8) is 0 Å². The van der Waals surface area contributed by atoms with Crippen molar-refractivity contribution < 1.29 is 4.79 Å². The maximum absolute atomic E-state index is 12.4. The lowest BCUT2D eigenvalue weighted by Crippen LogP contribution is -2.51. The molecule has 0 radical (unpaired) electrons. The Balaban J connectivity index is 2.15. The summed E-state index contributed by atoms with van der Waals surface area (Å²) in [5.41, 5.74) is 1.57. The van der Waals surface area contributed by atoms with Gasteiger partial charge < -0.3 is 5.32 Å². The van der Waals surface area contributed by atoms with Crippen molar-refractivity contribution in [2.75, 3.05) is 5.33 Å². The van der Waals surface area contributed by atoms with Gasteiger partial charge in [0.25, 0.3) is 5.91 Å². The molecule has 1 fully saturated rings. The van der Waals surface area contributed by atoms with E-state index in [0.29, 0.717) is 10.6 Å². The maximum atomic E-state index is 12.4. The Morgan fingerprint density at radius 3 is 2.58 bits per heavy atom. The molecule has 1 aromatic carbocycles. The van der Waals surface area contributed by atoms with Crippen LogP contribution in [0.25, 0.3) is 0 Å². The molecular weight excluding hydrogens is 326 g/mol. The minimum Gasteiger partial charge on any atom is -0.346 e. The van der Waals surface area contributed by atoms with Gasteiger partial charge in [-0.1, -0.05) is 46.8 Å². The second-order valence-corrected chi connectivity index (χ2v) is 6.44. The highest BCUT2D eigenvalue weighted by molar-refractivity contribution is 9.09. The van der Waals surface area contributed by atoms with Crippen LogP contribution in [0.3, 0.4) is 0 Å². The average molecular weight is 345 g/mol. The lowest BCUT2D eigenvalue weighted by atomic mass is 9.83. The highest BCUT2D eigenvalue weighted by atomic mass is 79.9. The Morgan fingerprint density at radius 1 is 1.32 bits per heavy atom. The zero-order valence-electron chi connectivity index (χ0n) is 11.1. The van der Waals surface area contributed by atoms with Crippen LogP contribution >= 0.6 is 27.5 Å². The monoisotopic (exact) mass is 343 g/mol. The number of benzene rings is 1. The molecule has 0 spiro atoms. The van der Waals surface area contributed by atoms with Crippen LogP contribution in [0.4, 0.5) is 0 Å². The molecule has 0 saturated heterocycles. The highest BCUT2D eigenvalue weighted by Crippen LogP contribution is 2.30. The van der Waals surface area contributed by atoms with Gasteiger partial charge in [-0.05, 0) is 43.5 Å². The molecule has 0 atom stereocenters. The lowest BCUT2D eigenvalue weighted by molar-refractivity contribution is 0.0886. The standard InChI is InChI=1S/C15H19BrClNO/c1-11-7-12(9-13(17)8-11)14(19)18-15(10-16)5-3-2-4-6-15/h7-9H,2-6,10H2,1H3,(H,18,19). The summed E-state index contributed by atoms with van der Waals surface area (Å²) in [5, 5.41) is 4.63. The van der Waals surface area contributed by atoms with Gasteiger partial charge in [-0.3, -0.25) is 4.79 Å². The first-order chi connectivity index (χ1) is 9.04. The van der Waals surface area contributed by atoms with Gasteiger partial charge in [-0.25, -0.2) is 0 Å². The van der Waals surface area contributed by atoms with Gasteiger partial charge in [0.15, 0.2) is 0 Å². The van der Waals surface area contributed by atoms with Crippen LogP contribution in [-0.2, 0) is 0 Å². The summed E-state index contributed by atoms with van der Waals surface area (Å²) in [6.45, 7) is 1.95. The van der Waals surface area contributed by atoms with E-state index in [1.807, 2.05) is 19.1 Å². The molecule has 1 amide bonds. The summed E-state index contributed by atoms with van der Waals surface area (Å²) in [6.07, 6.45) is 5.72. The number of carbonyl (C=O) groups excluding carboxylic acids is 1. The molecule has 4 heteroatoms. The molecule has 104 valence electrons. The molecule has 1 N–H and O–H groups in total. The fraction of sp³-hybridized carbons (Fsp3) is 0.533. The van der Waals surface area contributed by atoms with E-state index in [2.05, 4.69) is 21.2 Å². The van der Waals surface area contributed by atoms with Crippen molar-refractivity contribution >= 4 is 33.4 Å². The quantitative estimate of drug-likeness (QED) is 0.805. The fourth-order valence-corrected chi connectivity index (χ4v) is 3.69. The van der Waals surface area contributed by atoms with Crippen molar-refractivity contribution in [3.05, 3.63) is 34.3 Å². The number of hydrogen-bond donors (Lipinski definition) is 1. The van der Waals surface area contributed by atoms with E-state index in [1.54, 1.807) is 6.07 Å². The number of alkyl halides is 1. The predicted molar refractivity (Wildman–Crippen MR) is 83.3 cm³/mol. The molecule has 19 heavy (non-hydrogen) atoms. The molecular formula is C15H19BrClNO. The second-order valence-electron chi connectivity index (χ2n) is 5.45. The Bertz CT molecular complexity index is 449. The van der Waals surface area contributed by atoms with Gasteiger partial charge in [0.1, 0.15) is 0 Å². The van der Waals surface area contributed by atoms with E-state index in [9.17, 15) is 4.79 Å². The summed E-state index contributed by atoms with van der Waals surface area (Å²) in [6, 6.07) is 5.47. The zero-order valence-corrected chi connectivity index (χ0v) is 13.5. The summed E-state index contributed by atoms with van der Waals surface area (Å²) < 4.78 is 0. The highest BCUT2D eigenvalue weighted by Gasteiger charge is 2.32. The average Bonchev–Trinajstić information content (AvgIpc) is 2.38. The molecule has 2 rings (SSSR count). The van der Waals surface area contributed by atoms with Crippen molar-refractivity contribution in [2.24, 2.45) is 0 Å². The summed E-state index contributed by atoms with van der Waals surface area (Å²) in [4.78, 5) is 12.4. The van der Waals surface area contributed by atoms with Crippen LogP contribution in [0.1, 0.15) is 48.0 Å². The maximum Gasteiger partial charge on any atom is 0.251 e. The first-order valence-corrected chi connectivity index (χ1v) is 8.20. The number of rotatable bonds is 3. The molecule has 1 aliphatic carbocycles. The van der Waals surface area contributed by atoms with Gasteiger partial charge in [-0.15, -0.1) is 0 Å². The molecule has 2 nitrogen and oxygen atoms in total. The number of nitrogens with one attached hydrogen (secondary N) is 1. The number of carbonyl (C=O) groups is 1. The summed E-state index contributed by atoms with van der Waals surface area (Å²) in [5.74, 6) is -0.0213. The topological polar surface area (TPSA) is 29.1 Å². The third-order valence-corrected chi connectivity index (χ3v) is 5.04. The number of halogens is 2. The van der Waals surface area contributed by atoms with Gasteiger partial charge in [0, 0.05) is 15.9 Å². The van der Waals surface area contributed by atoms with E-state index in [1.165, 1.54) is 19.3 Å². The number of amides is 1. The normalized spacial score (nSPS) is 18.1. The molecule has 1 saturated carbocycles. The molecule has 0 unspecified atom stereocenters. The van der Waals surface area contributed by atoms with Crippen molar-refractivity contribution in [1.29, 1.82) is 0 Å². The summed E-state index contributed by atoms with van der Waals surface area (Å²) in [7, 11) is 0. The van der Waals surface area contributed by atoms with Crippen molar-refractivity contribution in [3.8, 4) is 0 Å². The Kier molecular flexibility index (Phi) is 4.91. The van der Waals surface area contributed by atoms with E-state index in [0.717, 1.165) is 23.7 Å². The van der Waals surface area contributed by atoms with Gasteiger partial charge in [0.2, 0.25) is 0 Å². The van der Waals surface area contributed by atoms with Crippen LogP contribution in [0.15, 0.2) is 18.2 Å². The first-order valence-electron chi connectivity index (χ1n) is 6.70. The third kappa shape index (κ3) is 3.73. The molecule has 1 aliphatic rings. The third-order valence-electron chi connectivity index (χ3n) is 3.75. The van der Waals surface area contributed by atoms with Crippen molar-refractivity contribution in [2.45, 2.75) is 44.6 Å². The van der Waals surface area contributed by atoms with Crippen LogP contribution in [-0.4, -0.2) is 16.8 Å². The zero-order chi connectivity index (χ0) is 13.9. The smallest absolute Gasteiger partial charge is 0.251 e. The fourth-order valence-electron chi connectivity index (χ4n) is 2.70. The van der Waals surface area contributed by atoms with Crippen LogP contribution < -0.4 is 5.32 Å². The van der Waals surface area contributed by atoms with Gasteiger partial charge in [0.05, 0.1) is 5.54 Å². The van der Waals surface area contributed by atoms with E-state index in [4.69, 9.17) is 11.6 Å². The lowest BCUT2D eigenvalue weighted by Gasteiger charge is -2.36. The number of aryl methyl sites for hydroxylation is 1. The molecule has 0 bridgehead atoms. The molecule has 0 heterocycles. The summed E-state index contributed by atoms with van der Waals surface area (Å²) >= 11 is 9.57. The van der Waals surface area contributed by atoms with Gasteiger partial charge in [-0.2, -0.15) is 0 Å². The van der Waals surface area contributed by atoms with Crippen LogP contribution in [0, 0.1) is 6.92 Å². The Morgan fingerprint density at radius 2 is 2.00 bits per heavy atom. The van der Waals surface area contributed by atoms with Crippen LogP contribution in [0.2, 0.25) is 5.02 Å².